The number of aromatic nitrogens is 1. The molecular weight excluding hydrogens is 461 g/mol. The topological polar surface area (TPSA) is 79.7 Å². The number of ketones is 1. The van der Waals surface area contributed by atoms with Gasteiger partial charge in [-0.25, -0.2) is 0 Å². The molecule has 35 heavy (non-hydrogen) atoms. The number of likely N-dealkylation sites (tertiary alicyclic amines) is 1. The van der Waals surface area contributed by atoms with Crippen LogP contribution in [0.25, 0.3) is 5.76 Å². The van der Waals surface area contributed by atoms with Gasteiger partial charge in [-0.05, 0) is 66.1 Å². The number of rotatable bonds is 5. The number of carbonyl (C=O) groups excluding carboxylic acids is 2. The van der Waals surface area contributed by atoms with Crippen LogP contribution in [0.2, 0.25) is 0 Å². The van der Waals surface area contributed by atoms with Gasteiger partial charge in [0.25, 0.3) is 11.7 Å². The smallest absolute Gasteiger partial charge is 0.416 e. The van der Waals surface area contributed by atoms with Crippen LogP contribution in [0.3, 0.4) is 0 Å². The van der Waals surface area contributed by atoms with E-state index in [-0.39, 0.29) is 23.4 Å². The summed E-state index contributed by atoms with van der Waals surface area (Å²) in [6.07, 6.45) is -1.61. The van der Waals surface area contributed by atoms with Crippen molar-refractivity contribution < 1.29 is 32.6 Å². The second-order valence-corrected chi connectivity index (χ2v) is 8.09. The lowest BCUT2D eigenvalue weighted by molar-refractivity contribution is -0.140. The molecule has 1 aliphatic heterocycles. The quantitative estimate of drug-likeness (QED) is 0.313. The number of hydrogen-bond acceptors (Lipinski definition) is 5. The van der Waals surface area contributed by atoms with E-state index in [9.17, 15) is 27.9 Å². The molecule has 1 aliphatic rings. The molecule has 4 rings (SSSR count). The van der Waals surface area contributed by atoms with Crippen LogP contribution in [0.15, 0.2) is 72.6 Å². The van der Waals surface area contributed by atoms with Crippen LogP contribution in [0.5, 0.6) is 5.75 Å². The fraction of sp³-hybridized carbons (Fsp3) is 0.192. The predicted molar refractivity (Wildman–Crippen MR) is 121 cm³/mol. The molecule has 0 bridgehead atoms. The third-order valence-corrected chi connectivity index (χ3v) is 5.86. The fourth-order valence-electron chi connectivity index (χ4n) is 4.15. The Morgan fingerprint density at radius 2 is 1.80 bits per heavy atom. The first-order valence-corrected chi connectivity index (χ1v) is 10.6. The highest BCUT2D eigenvalue weighted by Gasteiger charge is 2.46. The average molecular weight is 482 g/mol. The summed E-state index contributed by atoms with van der Waals surface area (Å²) in [4.78, 5) is 31.3. The maximum Gasteiger partial charge on any atom is 0.416 e. The van der Waals surface area contributed by atoms with Gasteiger partial charge in [-0.1, -0.05) is 12.1 Å². The lowest BCUT2D eigenvalue weighted by Gasteiger charge is -2.25. The van der Waals surface area contributed by atoms with Crippen LogP contribution in [-0.2, 0) is 22.3 Å². The number of aliphatic hydroxyl groups excluding tert-OH is 1. The molecule has 1 atom stereocenters. The van der Waals surface area contributed by atoms with E-state index in [2.05, 4.69) is 4.98 Å². The zero-order valence-corrected chi connectivity index (χ0v) is 18.8. The summed E-state index contributed by atoms with van der Waals surface area (Å²) in [5, 5.41) is 11.2. The van der Waals surface area contributed by atoms with Gasteiger partial charge in [0.1, 0.15) is 11.5 Å². The number of ether oxygens (including phenoxy) is 1. The number of hydrogen-bond donors (Lipinski definition) is 1. The van der Waals surface area contributed by atoms with Crippen LogP contribution in [0, 0.1) is 6.92 Å². The average Bonchev–Trinajstić information content (AvgIpc) is 3.08. The van der Waals surface area contributed by atoms with Crippen molar-refractivity contribution in [2.24, 2.45) is 0 Å². The van der Waals surface area contributed by atoms with Crippen molar-refractivity contribution in [1.29, 1.82) is 0 Å². The first kappa shape index (κ1) is 24.0. The molecule has 6 nitrogen and oxygen atoms in total. The summed E-state index contributed by atoms with van der Waals surface area (Å²) >= 11 is 0. The number of aryl methyl sites for hydroxylation is 1. The second-order valence-electron chi connectivity index (χ2n) is 8.09. The van der Waals surface area contributed by atoms with E-state index in [0.717, 1.165) is 17.0 Å². The van der Waals surface area contributed by atoms with Crippen LogP contribution in [0.4, 0.5) is 13.2 Å². The molecule has 1 amide bonds. The van der Waals surface area contributed by atoms with Gasteiger partial charge in [0.15, 0.2) is 0 Å². The summed E-state index contributed by atoms with van der Waals surface area (Å²) in [7, 11) is 1.50. The van der Waals surface area contributed by atoms with Crippen molar-refractivity contribution in [1.82, 2.24) is 9.88 Å². The van der Waals surface area contributed by atoms with Gasteiger partial charge in [0.2, 0.25) is 0 Å². The van der Waals surface area contributed by atoms with Gasteiger partial charge in [-0.15, -0.1) is 0 Å². The van der Waals surface area contributed by atoms with Crippen molar-refractivity contribution in [3.63, 3.8) is 0 Å². The number of alkyl halides is 3. The first-order valence-electron chi connectivity index (χ1n) is 10.6. The van der Waals surface area contributed by atoms with E-state index < -0.39 is 29.5 Å². The molecule has 0 saturated carbocycles. The molecule has 3 aromatic rings. The SMILES string of the molecule is COc1ccc(/C(O)=C2/C(=O)C(=O)N(Cc3cccc(C(F)(F)F)c3)C2c2ccncc2)c(C)c1. The molecule has 180 valence electrons. The van der Waals surface area contributed by atoms with Crippen LogP contribution < -0.4 is 4.74 Å². The van der Waals surface area contributed by atoms with Gasteiger partial charge >= 0.3 is 6.18 Å². The highest BCUT2D eigenvalue weighted by atomic mass is 19.4. The van der Waals surface area contributed by atoms with Gasteiger partial charge in [0, 0.05) is 24.5 Å². The van der Waals surface area contributed by atoms with Crippen LogP contribution >= 0.6 is 0 Å². The van der Waals surface area contributed by atoms with E-state index >= 15 is 0 Å². The largest absolute Gasteiger partial charge is 0.507 e. The number of nitrogens with zero attached hydrogens (tertiary/aromatic N) is 2. The second kappa shape index (κ2) is 9.25. The van der Waals surface area contributed by atoms with E-state index in [0.29, 0.717) is 22.4 Å². The lowest BCUT2D eigenvalue weighted by Crippen LogP contribution is -2.29. The number of carbonyl (C=O) groups is 2. The predicted octanol–water partition coefficient (Wildman–Crippen LogP) is 5.04. The van der Waals surface area contributed by atoms with Crippen molar-refractivity contribution in [2.75, 3.05) is 7.11 Å². The number of Topliss-reactive ketones (excluding diaryl/α,β-unsaturated/α-hetero) is 1. The van der Waals surface area contributed by atoms with E-state index in [1.54, 1.807) is 37.3 Å². The Morgan fingerprint density at radius 1 is 1.09 bits per heavy atom. The molecule has 1 saturated heterocycles. The minimum atomic E-state index is -4.55. The number of pyridine rings is 1. The summed E-state index contributed by atoms with van der Waals surface area (Å²) < 4.78 is 44.8. The Bertz CT molecular complexity index is 1320. The Labute approximate surface area is 199 Å². The highest BCUT2D eigenvalue weighted by Crippen LogP contribution is 2.41. The molecule has 1 fully saturated rings. The number of amides is 1. The molecule has 2 heterocycles. The summed E-state index contributed by atoms with van der Waals surface area (Å²) in [5.74, 6) is -1.67. The maximum atomic E-state index is 13.2. The van der Waals surface area contributed by atoms with Crippen LogP contribution in [-0.4, -0.2) is 33.8 Å². The minimum absolute atomic E-state index is 0.151. The number of benzene rings is 2. The molecule has 2 aromatic carbocycles. The van der Waals surface area contributed by atoms with Gasteiger partial charge < -0.3 is 14.7 Å². The van der Waals surface area contributed by atoms with Crippen molar-refractivity contribution in [2.45, 2.75) is 25.7 Å². The van der Waals surface area contributed by atoms with Crippen LogP contribution in [0.1, 0.15) is 33.9 Å². The standard InChI is InChI=1S/C26H21F3N2O4/c1-15-12-19(35-2)6-7-20(15)23(32)21-22(17-8-10-30-11-9-17)31(25(34)24(21)33)14-16-4-3-5-18(13-16)26(27,28)29/h3-13,22,32H,14H2,1-2H3/b23-21-. The minimum Gasteiger partial charge on any atom is -0.507 e. The van der Waals surface area contributed by atoms with E-state index in [4.69, 9.17) is 4.74 Å². The third-order valence-electron chi connectivity index (χ3n) is 5.86. The van der Waals surface area contributed by atoms with Gasteiger partial charge in [-0.2, -0.15) is 13.2 Å². The molecule has 0 spiro atoms. The summed E-state index contributed by atoms with van der Waals surface area (Å²) in [6, 6.07) is 11.6. The highest BCUT2D eigenvalue weighted by molar-refractivity contribution is 6.46. The summed E-state index contributed by atoms with van der Waals surface area (Å²) in [6.45, 7) is 1.46. The normalized spacial score (nSPS) is 17.6. The molecule has 1 N–H and O–H groups in total. The Kier molecular flexibility index (Phi) is 6.34. The zero-order valence-electron chi connectivity index (χ0n) is 18.8. The van der Waals surface area contributed by atoms with Crippen molar-refractivity contribution in [3.8, 4) is 5.75 Å². The number of halogens is 3. The lowest BCUT2D eigenvalue weighted by atomic mass is 9.94. The molecule has 1 aromatic heterocycles. The van der Waals surface area contributed by atoms with Crippen molar-refractivity contribution >= 4 is 17.4 Å². The molecule has 1 unspecified atom stereocenters. The van der Waals surface area contributed by atoms with E-state index in [1.165, 1.54) is 31.6 Å². The first-order chi connectivity index (χ1) is 16.6. The van der Waals surface area contributed by atoms with Crippen molar-refractivity contribution in [3.05, 3.63) is 100 Å². The molecule has 0 aliphatic carbocycles. The summed E-state index contributed by atoms with van der Waals surface area (Å²) in [5.41, 5.74) is 0.615. The van der Waals surface area contributed by atoms with Gasteiger partial charge in [0.05, 0.1) is 24.3 Å². The fourth-order valence-corrected chi connectivity index (χ4v) is 4.15. The van der Waals surface area contributed by atoms with Gasteiger partial charge in [-0.3, -0.25) is 14.6 Å². The zero-order chi connectivity index (χ0) is 25.3. The number of methoxy groups -OCH3 is 1. The maximum absolute atomic E-state index is 13.2. The Balaban J connectivity index is 1.84. The van der Waals surface area contributed by atoms with E-state index in [1.807, 2.05) is 0 Å². The molecular formula is C26H21F3N2O4. The Hall–Kier alpha value is -4.14. The third kappa shape index (κ3) is 4.62. The monoisotopic (exact) mass is 482 g/mol. The molecule has 9 heteroatoms. The Morgan fingerprint density at radius 3 is 2.43 bits per heavy atom. The number of aliphatic hydroxyl groups is 1. The molecule has 0 radical (unpaired) electrons.